The van der Waals surface area contributed by atoms with Crippen molar-refractivity contribution in [2.24, 2.45) is 10.6 Å². The summed E-state index contributed by atoms with van der Waals surface area (Å²) in [6.45, 7) is 2.27. The van der Waals surface area contributed by atoms with E-state index in [0.29, 0.717) is 11.5 Å². The average molecular weight is 189 g/mol. The van der Waals surface area contributed by atoms with Gasteiger partial charge in [0.25, 0.3) is 0 Å². The summed E-state index contributed by atoms with van der Waals surface area (Å²) in [5, 5.41) is 8.54. The van der Waals surface area contributed by atoms with Gasteiger partial charge in [-0.1, -0.05) is 0 Å². The van der Waals surface area contributed by atoms with Crippen molar-refractivity contribution in [3.05, 3.63) is 0 Å². The molecule has 2 fully saturated rings. The second kappa shape index (κ2) is 2.77. The first kappa shape index (κ1) is 8.62. The molecule has 0 aromatic heterocycles. The lowest BCUT2D eigenvalue weighted by Gasteiger charge is -2.55. The molecule has 70 valence electrons. The number of nitrogens with zero attached hydrogens (tertiary/aromatic N) is 1. The van der Waals surface area contributed by atoms with E-state index in [0.717, 1.165) is 25.9 Å². The Bertz CT molecular complexity index is 209. The van der Waals surface area contributed by atoms with Crippen LogP contribution in [0.4, 0.5) is 0 Å². The third-order valence-electron chi connectivity index (χ3n) is 3.14. The molecule has 1 atom stereocenters. The van der Waals surface area contributed by atoms with Gasteiger partial charge in [0.05, 0.1) is 0 Å². The molecule has 12 heavy (non-hydrogen) atoms. The van der Waals surface area contributed by atoms with Crippen LogP contribution in [-0.4, -0.2) is 34.7 Å². The lowest BCUT2D eigenvalue weighted by Crippen LogP contribution is -2.65. The van der Waals surface area contributed by atoms with Gasteiger partial charge in [-0.15, -0.1) is 0 Å². The van der Waals surface area contributed by atoms with Crippen LogP contribution in [-0.2, 0) is 11.2 Å². The molecular weight excluding hydrogens is 174 g/mol. The van der Waals surface area contributed by atoms with Crippen LogP contribution < -0.4 is 10.5 Å². The summed E-state index contributed by atoms with van der Waals surface area (Å²) in [5.41, 5.74) is 0.540. The van der Waals surface area contributed by atoms with Gasteiger partial charge in [0.15, 0.2) is 11.2 Å². The molecule has 1 aliphatic heterocycles. The van der Waals surface area contributed by atoms with Gasteiger partial charge in [0, 0.05) is 26.2 Å². The maximum Gasteiger partial charge on any atom is 0.167 e. The molecule has 1 aliphatic carbocycles. The normalized spacial score (nSPS) is 29.9. The van der Waals surface area contributed by atoms with Crippen molar-refractivity contribution in [3.63, 3.8) is 0 Å². The molecule has 3 N–H and O–H groups in total. The lowest BCUT2D eigenvalue weighted by atomic mass is 9.62. The highest BCUT2D eigenvalue weighted by Crippen LogP contribution is 2.46. The topological polar surface area (TPSA) is 58.4 Å². The average Bonchev–Trinajstić information content (AvgIpc) is 1.80. The molecule has 0 aromatic rings. The van der Waals surface area contributed by atoms with Crippen molar-refractivity contribution in [2.45, 2.75) is 18.9 Å². The van der Waals surface area contributed by atoms with Crippen molar-refractivity contribution in [3.8, 4) is 0 Å². The molecule has 5 heteroatoms. The van der Waals surface area contributed by atoms with Crippen molar-refractivity contribution in [2.75, 3.05) is 20.1 Å². The zero-order valence-corrected chi connectivity index (χ0v) is 8.06. The highest BCUT2D eigenvalue weighted by atomic mass is 32.2. The first-order valence-corrected chi connectivity index (χ1v) is 5.40. The fourth-order valence-corrected chi connectivity index (χ4v) is 2.55. The minimum Gasteiger partial charge on any atom is -0.316 e. The molecule has 4 nitrogen and oxygen atoms in total. The number of nitrogens with two attached hydrogens (primary N) is 1. The van der Waals surface area contributed by atoms with E-state index in [1.807, 2.05) is 7.05 Å². The van der Waals surface area contributed by atoms with E-state index in [4.69, 9.17) is 5.14 Å². The first-order valence-electron chi connectivity index (χ1n) is 4.23. The molecule has 1 unspecified atom stereocenters. The fraction of sp³-hybridized carbons (Fsp3) is 1.00. The predicted octanol–water partition coefficient (Wildman–Crippen LogP) is -0.792. The van der Waals surface area contributed by atoms with E-state index in [-0.39, 0.29) is 0 Å². The summed E-state index contributed by atoms with van der Waals surface area (Å²) >= 11 is -1.29. The van der Waals surface area contributed by atoms with E-state index in [9.17, 15) is 4.21 Å². The molecule has 0 amide bonds. The Morgan fingerprint density at radius 2 is 2.17 bits per heavy atom. The SMILES string of the molecule is CN(C1CC2(CNC2)C1)S(N)=O. The molecule has 2 rings (SSSR count). The minimum absolute atomic E-state index is 0.443. The van der Waals surface area contributed by atoms with Crippen LogP contribution in [0, 0.1) is 5.41 Å². The van der Waals surface area contributed by atoms with Crippen LogP contribution in [0.1, 0.15) is 12.8 Å². The molecule has 0 radical (unpaired) electrons. The van der Waals surface area contributed by atoms with Gasteiger partial charge in [-0.2, -0.15) is 0 Å². The second-order valence-corrected chi connectivity index (χ2v) is 5.12. The number of nitrogens with one attached hydrogen (secondary N) is 1. The zero-order chi connectivity index (χ0) is 8.77. The molecule has 2 aliphatic rings. The highest BCUT2D eigenvalue weighted by molar-refractivity contribution is 7.80. The van der Waals surface area contributed by atoms with E-state index >= 15 is 0 Å². The van der Waals surface area contributed by atoms with Crippen molar-refractivity contribution in [1.82, 2.24) is 9.62 Å². The van der Waals surface area contributed by atoms with E-state index in [1.165, 1.54) is 0 Å². The summed E-state index contributed by atoms with van der Waals surface area (Å²) in [6.07, 6.45) is 2.30. The van der Waals surface area contributed by atoms with Gasteiger partial charge in [-0.05, 0) is 18.3 Å². The van der Waals surface area contributed by atoms with Crippen LogP contribution in [0.2, 0.25) is 0 Å². The standard InChI is InChI=1S/C7H15N3OS/c1-10(12(8)11)6-2-7(3-6)4-9-5-7/h6,9H,2-5,8H2,1H3. The van der Waals surface area contributed by atoms with Gasteiger partial charge < -0.3 is 5.32 Å². The predicted molar refractivity (Wildman–Crippen MR) is 48.4 cm³/mol. The molecule has 1 saturated carbocycles. The molecular formula is C7H15N3OS. The maximum atomic E-state index is 10.9. The van der Waals surface area contributed by atoms with Crippen LogP contribution in [0.3, 0.4) is 0 Å². The van der Waals surface area contributed by atoms with Gasteiger partial charge in [-0.25, -0.2) is 13.7 Å². The summed E-state index contributed by atoms with van der Waals surface area (Å²) in [6, 6.07) is 0.443. The fourth-order valence-electron chi connectivity index (χ4n) is 2.11. The van der Waals surface area contributed by atoms with Gasteiger partial charge in [0.2, 0.25) is 0 Å². The minimum atomic E-state index is -1.29. The Morgan fingerprint density at radius 3 is 2.50 bits per heavy atom. The van der Waals surface area contributed by atoms with E-state index < -0.39 is 11.2 Å². The Balaban J connectivity index is 1.84. The highest BCUT2D eigenvalue weighted by Gasteiger charge is 2.50. The lowest BCUT2D eigenvalue weighted by molar-refractivity contribution is 0.00104. The summed E-state index contributed by atoms with van der Waals surface area (Å²) in [4.78, 5) is 0. The maximum absolute atomic E-state index is 10.9. The monoisotopic (exact) mass is 189 g/mol. The Kier molecular flexibility index (Phi) is 1.99. The Labute approximate surface area is 75.2 Å². The molecule has 0 aromatic carbocycles. The summed E-state index contributed by atoms with van der Waals surface area (Å²) < 4.78 is 12.7. The largest absolute Gasteiger partial charge is 0.316 e. The second-order valence-electron chi connectivity index (χ2n) is 3.99. The first-order chi connectivity index (χ1) is 5.63. The summed E-state index contributed by atoms with van der Waals surface area (Å²) in [7, 11) is 1.83. The van der Waals surface area contributed by atoms with Crippen molar-refractivity contribution >= 4 is 11.2 Å². The zero-order valence-electron chi connectivity index (χ0n) is 7.25. The van der Waals surface area contributed by atoms with Crippen LogP contribution >= 0.6 is 0 Å². The van der Waals surface area contributed by atoms with E-state index in [2.05, 4.69) is 5.32 Å². The Morgan fingerprint density at radius 1 is 1.58 bits per heavy atom. The quantitative estimate of drug-likeness (QED) is 0.598. The third-order valence-corrected chi connectivity index (χ3v) is 4.00. The van der Waals surface area contributed by atoms with Gasteiger partial charge in [-0.3, -0.25) is 0 Å². The van der Waals surface area contributed by atoms with E-state index in [1.54, 1.807) is 4.31 Å². The third kappa shape index (κ3) is 1.21. The molecule has 1 saturated heterocycles. The number of hydrogen-bond donors (Lipinski definition) is 2. The molecule has 1 heterocycles. The Hall–Kier alpha value is 0.0300. The smallest absolute Gasteiger partial charge is 0.167 e. The van der Waals surface area contributed by atoms with Crippen molar-refractivity contribution in [1.29, 1.82) is 0 Å². The van der Waals surface area contributed by atoms with Crippen LogP contribution in [0.25, 0.3) is 0 Å². The molecule has 1 spiro atoms. The van der Waals surface area contributed by atoms with Gasteiger partial charge in [0.1, 0.15) is 0 Å². The van der Waals surface area contributed by atoms with Crippen molar-refractivity contribution < 1.29 is 4.21 Å². The number of rotatable bonds is 2. The van der Waals surface area contributed by atoms with Crippen LogP contribution in [0.5, 0.6) is 0 Å². The summed E-state index contributed by atoms with van der Waals surface area (Å²) in [5.74, 6) is 0. The number of hydrogen-bond acceptors (Lipinski definition) is 2. The van der Waals surface area contributed by atoms with Gasteiger partial charge >= 0.3 is 0 Å². The van der Waals surface area contributed by atoms with Crippen LogP contribution in [0.15, 0.2) is 0 Å². The molecule has 0 bridgehead atoms.